The van der Waals surface area contributed by atoms with Gasteiger partial charge >= 0.3 is 5.97 Å². The number of anilines is 2. The summed E-state index contributed by atoms with van der Waals surface area (Å²) in [6, 6.07) is 13.5. The number of nitrogens with zero attached hydrogens (tertiary/aromatic N) is 1. The summed E-state index contributed by atoms with van der Waals surface area (Å²) in [4.78, 5) is 21.2. The Labute approximate surface area is 229 Å². The van der Waals surface area contributed by atoms with E-state index in [1.54, 1.807) is 0 Å². The van der Waals surface area contributed by atoms with Crippen LogP contribution in [0.2, 0.25) is 0 Å². The van der Waals surface area contributed by atoms with Gasteiger partial charge in [0.25, 0.3) is 0 Å². The maximum atomic E-state index is 13.7. The number of hydrogen-bond donors (Lipinski definition) is 4. The number of rotatable bonds is 4. The van der Waals surface area contributed by atoms with Gasteiger partial charge in [-0.3, -0.25) is 0 Å². The molecule has 8 heteroatoms. The molecule has 0 spiro atoms. The lowest BCUT2D eigenvalue weighted by atomic mass is 9.74. The highest BCUT2D eigenvalue weighted by Crippen LogP contribution is 2.48. The van der Waals surface area contributed by atoms with Crippen LogP contribution < -0.4 is 11.1 Å². The summed E-state index contributed by atoms with van der Waals surface area (Å²) in [6.45, 7) is 14.3. The zero-order chi connectivity index (χ0) is 28.0. The van der Waals surface area contributed by atoms with Crippen molar-refractivity contribution in [3.05, 3.63) is 86.3 Å². The highest BCUT2D eigenvalue weighted by Gasteiger charge is 2.38. The molecule has 2 heterocycles. The van der Waals surface area contributed by atoms with Gasteiger partial charge in [-0.1, -0.05) is 84.0 Å². The number of aromatic hydroxyl groups is 1. The number of esters is 1. The molecule has 1 aliphatic rings. The van der Waals surface area contributed by atoms with E-state index < -0.39 is 11.9 Å². The Kier molecular flexibility index (Phi) is 7.14. The number of phenolic OH excluding ortho intramolecular Hbond substituents is 1. The zero-order valence-corrected chi connectivity index (χ0v) is 23.8. The first kappa shape index (κ1) is 27.4. The summed E-state index contributed by atoms with van der Waals surface area (Å²) >= 11 is 5.28. The smallest absolute Gasteiger partial charge is 0.337 e. The van der Waals surface area contributed by atoms with Crippen molar-refractivity contribution in [2.24, 2.45) is 0 Å². The fourth-order valence-corrected chi connectivity index (χ4v) is 5.07. The molecule has 1 atom stereocenters. The molecular weight excluding hydrogens is 496 g/mol. The molecule has 0 radical (unpaired) electrons. The molecule has 38 heavy (non-hydrogen) atoms. The van der Waals surface area contributed by atoms with Crippen LogP contribution in [0.5, 0.6) is 5.75 Å². The molecule has 7 nitrogen and oxygen atoms in total. The number of allylic oxidation sites excluding steroid dienone is 1. The van der Waals surface area contributed by atoms with Crippen LogP contribution in [-0.2, 0) is 27.0 Å². The average Bonchev–Trinajstić information content (AvgIpc) is 2.81. The summed E-state index contributed by atoms with van der Waals surface area (Å²) in [5.74, 6) is 0.0169. The second kappa shape index (κ2) is 9.91. The number of fused-ring (bicyclic) bond motifs is 1. The normalized spacial score (nSPS) is 15.6. The van der Waals surface area contributed by atoms with Crippen molar-refractivity contribution in [1.29, 1.82) is 0 Å². The number of nitrogen functional groups attached to an aromatic ring is 1. The number of phenols is 1. The van der Waals surface area contributed by atoms with Gasteiger partial charge in [0.05, 0.1) is 11.5 Å². The van der Waals surface area contributed by atoms with E-state index in [0.717, 1.165) is 22.3 Å². The SMILES string of the molecule is CC1=C(C(=O)OCc2ccccc2)C(c2cc(C(C)(C)C)c(O)c(C(C)(C)C)c2)c2c(nc(=S)[nH]c2N)N1. The number of nitrogens with one attached hydrogen (secondary N) is 2. The molecule has 0 fully saturated rings. The van der Waals surface area contributed by atoms with Crippen molar-refractivity contribution in [3.63, 3.8) is 0 Å². The minimum atomic E-state index is -0.600. The number of carbonyl (C=O) groups excluding carboxylic acids is 1. The number of ether oxygens (including phenoxy) is 1. The standard InChI is InChI=1S/C30H36N4O3S/c1-16-21(27(36)37-15-17-11-9-8-10-12-17)22(23-25(31)33-28(38)34-26(23)32-16)18-13-19(29(2,3)4)24(35)20(14-18)30(5,6)7/h8-14,22,35H,15H2,1-7H3,(H4,31,32,33,34,38). The molecule has 0 amide bonds. The molecule has 1 unspecified atom stereocenters. The van der Waals surface area contributed by atoms with Gasteiger partial charge in [-0.2, -0.15) is 0 Å². The van der Waals surface area contributed by atoms with Crippen LogP contribution in [0.15, 0.2) is 53.7 Å². The third-order valence-corrected chi connectivity index (χ3v) is 7.00. The van der Waals surface area contributed by atoms with Crippen molar-refractivity contribution in [1.82, 2.24) is 9.97 Å². The van der Waals surface area contributed by atoms with E-state index in [4.69, 9.17) is 22.7 Å². The quantitative estimate of drug-likeness (QED) is 0.221. The first-order chi connectivity index (χ1) is 17.7. The Morgan fingerprint density at radius 3 is 2.21 bits per heavy atom. The number of nitrogens with two attached hydrogens (primary N) is 1. The molecule has 0 saturated heterocycles. The predicted molar refractivity (Wildman–Crippen MR) is 154 cm³/mol. The molecule has 4 rings (SSSR count). The van der Waals surface area contributed by atoms with Crippen LogP contribution in [0.3, 0.4) is 0 Å². The number of aromatic nitrogens is 2. The van der Waals surface area contributed by atoms with Crippen molar-refractivity contribution in [2.75, 3.05) is 11.1 Å². The summed E-state index contributed by atoms with van der Waals surface area (Å²) < 4.78 is 6.05. The highest BCUT2D eigenvalue weighted by molar-refractivity contribution is 7.71. The van der Waals surface area contributed by atoms with Gasteiger partial charge in [-0.15, -0.1) is 0 Å². The lowest BCUT2D eigenvalue weighted by molar-refractivity contribution is -0.140. The minimum Gasteiger partial charge on any atom is -0.507 e. The number of carbonyl (C=O) groups is 1. The molecule has 1 aliphatic heterocycles. The third kappa shape index (κ3) is 5.31. The number of H-pyrrole nitrogens is 1. The molecule has 1 aromatic heterocycles. The zero-order valence-electron chi connectivity index (χ0n) is 23.0. The van der Waals surface area contributed by atoms with Crippen LogP contribution in [-0.4, -0.2) is 21.0 Å². The maximum absolute atomic E-state index is 13.7. The second-order valence-electron chi connectivity index (χ2n) is 11.8. The molecular formula is C30H36N4O3S. The number of aromatic amines is 1. The Morgan fingerprint density at radius 2 is 1.66 bits per heavy atom. The van der Waals surface area contributed by atoms with Gasteiger partial charge in [-0.05, 0) is 52.2 Å². The average molecular weight is 533 g/mol. The van der Waals surface area contributed by atoms with Crippen molar-refractivity contribution in [2.45, 2.75) is 71.8 Å². The summed E-state index contributed by atoms with van der Waals surface area (Å²) in [6.07, 6.45) is 0. The first-order valence-corrected chi connectivity index (χ1v) is 13.1. The monoisotopic (exact) mass is 532 g/mol. The summed E-state index contributed by atoms with van der Waals surface area (Å²) in [5.41, 5.74) is 10.7. The van der Waals surface area contributed by atoms with Crippen molar-refractivity contribution in [3.8, 4) is 5.75 Å². The van der Waals surface area contributed by atoms with E-state index in [1.807, 2.05) is 49.4 Å². The van der Waals surface area contributed by atoms with Gasteiger partial charge in [0.1, 0.15) is 24.0 Å². The Balaban J connectivity index is 1.95. The molecule has 3 aromatic rings. The Bertz CT molecular complexity index is 1440. The van der Waals surface area contributed by atoms with E-state index in [2.05, 4.69) is 56.8 Å². The largest absolute Gasteiger partial charge is 0.507 e. The number of hydrogen-bond acceptors (Lipinski definition) is 7. The van der Waals surface area contributed by atoms with E-state index in [9.17, 15) is 9.90 Å². The Hall–Kier alpha value is -3.65. The molecule has 0 saturated carbocycles. The molecule has 200 valence electrons. The van der Waals surface area contributed by atoms with E-state index in [-0.39, 0.29) is 28.0 Å². The van der Waals surface area contributed by atoms with E-state index in [1.165, 1.54) is 0 Å². The van der Waals surface area contributed by atoms with Gasteiger partial charge in [-0.25, -0.2) is 9.78 Å². The van der Waals surface area contributed by atoms with Crippen LogP contribution in [0.25, 0.3) is 0 Å². The lowest BCUT2D eigenvalue weighted by Crippen LogP contribution is -2.27. The topological polar surface area (TPSA) is 113 Å². The summed E-state index contributed by atoms with van der Waals surface area (Å²) in [7, 11) is 0. The fraction of sp³-hybridized carbons (Fsp3) is 0.367. The molecule has 2 aromatic carbocycles. The number of benzene rings is 2. The third-order valence-electron chi connectivity index (χ3n) is 6.80. The highest BCUT2D eigenvalue weighted by atomic mass is 32.1. The fourth-order valence-electron chi connectivity index (χ4n) is 4.87. The minimum absolute atomic E-state index is 0.136. The molecule has 0 bridgehead atoms. The first-order valence-electron chi connectivity index (χ1n) is 12.6. The predicted octanol–water partition coefficient (Wildman–Crippen LogP) is 6.60. The maximum Gasteiger partial charge on any atom is 0.337 e. The lowest BCUT2D eigenvalue weighted by Gasteiger charge is -2.33. The Morgan fingerprint density at radius 1 is 1.08 bits per heavy atom. The van der Waals surface area contributed by atoms with E-state index >= 15 is 0 Å². The molecule has 0 aliphatic carbocycles. The van der Waals surface area contributed by atoms with Crippen molar-refractivity contribution < 1.29 is 14.6 Å². The summed E-state index contributed by atoms with van der Waals surface area (Å²) in [5, 5.41) is 14.6. The second-order valence-corrected chi connectivity index (χ2v) is 12.2. The van der Waals surface area contributed by atoms with Gasteiger partial charge in [0.15, 0.2) is 4.77 Å². The van der Waals surface area contributed by atoms with E-state index in [0.29, 0.717) is 28.5 Å². The molecule has 5 N–H and O–H groups in total. The van der Waals surface area contributed by atoms with Crippen LogP contribution in [0.1, 0.15) is 82.2 Å². The van der Waals surface area contributed by atoms with Gasteiger partial charge in [0.2, 0.25) is 0 Å². The van der Waals surface area contributed by atoms with Crippen molar-refractivity contribution >= 4 is 29.8 Å². The van der Waals surface area contributed by atoms with Gasteiger partial charge in [0, 0.05) is 11.3 Å². The van der Waals surface area contributed by atoms with Crippen LogP contribution in [0, 0.1) is 4.77 Å². The van der Waals surface area contributed by atoms with Crippen LogP contribution >= 0.6 is 12.2 Å². The van der Waals surface area contributed by atoms with Gasteiger partial charge < -0.3 is 25.9 Å². The van der Waals surface area contributed by atoms with Crippen LogP contribution in [0.4, 0.5) is 11.6 Å².